The summed E-state index contributed by atoms with van der Waals surface area (Å²) in [6.45, 7) is 4.28. The number of allylic oxidation sites excluding steroid dienone is 1. The van der Waals surface area contributed by atoms with Gasteiger partial charge in [-0.25, -0.2) is 4.68 Å². The molecule has 5 rings (SSSR count). The third kappa shape index (κ3) is 5.60. The van der Waals surface area contributed by atoms with Crippen LogP contribution < -0.4 is 15.4 Å². The molecule has 0 radical (unpaired) electrons. The van der Waals surface area contributed by atoms with Gasteiger partial charge in [-0.2, -0.15) is 4.98 Å². The minimum atomic E-state index is -0.485. The fourth-order valence-corrected chi connectivity index (χ4v) is 5.62. The number of hydrogen-bond acceptors (Lipinski definition) is 6. The summed E-state index contributed by atoms with van der Waals surface area (Å²) in [5, 5.41) is 12.4. The molecule has 2 N–H and O–H groups in total. The maximum atomic E-state index is 13.8. The summed E-state index contributed by atoms with van der Waals surface area (Å²) in [5.74, 6) is 1.56. The van der Waals surface area contributed by atoms with Gasteiger partial charge in [0.25, 0.3) is 5.91 Å². The molecule has 1 aliphatic rings. The summed E-state index contributed by atoms with van der Waals surface area (Å²) in [4.78, 5) is 18.5. The fraction of sp³-hybridized carbons (Fsp3) is 0.179. The Balaban J connectivity index is 1.49. The monoisotopic (exact) mass is 609 g/mol. The third-order valence-electron chi connectivity index (χ3n) is 6.01. The van der Waals surface area contributed by atoms with Crippen LogP contribution in [0.4, 0.5) is 11.6 Å². The highest BCUT2D eigenvalue weighted by molar-refractivity contribution is 9.10. The average molecular weight is 611 g/mol. The van der Waals surface area contributed by atoms with E-state index in [2.05, 4.69) is 26.6 Å². The van der Waals surface area contributed by atoms with E-state index < -0.39 is 6.04 Å². The highest BCUT2D eigenvalue weighted by Gasteiger charge is 2.34. The second kappa shape index (κ2) is 11.6. The van der Waals surface area contributed by atoms with E-state index in [4.69, 9.17) is 26.4 Å². The van der Waals surface area contributed by atoms with Gasteiger partial charge in [0.15, 0.2) is 0 Å². The molecule has 1 unspecified atom stereocenters. The molecule has 2 heterocycles. The Morgan fingerprint density at radius 2 is 1.87 bits per heavy atom. The summed E-state index contributed by atoms with van der Waals surface area (Å²) in [6.07, 6.45) is 0. The van der Waals surface area contributed by atoms with Crippen LogP contribution in [0.1, 0.15) is 31.0 Å². The molecule has 10 heteroatoms. The molecule has 4 aromatic rings. The van der Waals surface area contributed by atoms with E-state index >= 15 is 0 Å². The van der Waals surface area contributed by atoms with Crippen molar-refractivity contribution >= 4 is 56.8 Å². The van der Waals surface area contributed by atoms with Crippen LogP contribution in [0.3, 0.4) is 0 Å². The minimum Gasteiger partial charge on any atom is -0.492 e. The van der Waals surface area contributed by atoms with Gasteiger partial charge in [0.05, 0.1) is 17.9 Å². The van der Waals surface area contributed by atoms with Crippen molar-refractivity contribution in [2.24, 2.45) is 0 Å². The molecule has 194 valence electrons. The van der Waals surface area contributed by atoms with Crippen LogP contribution in [0.25, 0.3) is 0 Å². The summed E-state index contributed by atoms with van der Waals surface area (Å²) in [6, 6.07) is 22.5. The Morgan fingerprint density at radius 3 is 2.63 bits per heavy atom. The smallest absolute Gasteiger partial charge is 0.255 e. The number of nitrogens with zero attached hydrogens (tertiary/aromatic N) is 3. The predicted molar refractivity (Wildman–Crippen MR) is 156 cm³/mol. The molecule has 0 spiro atoms. The second-order valence-corrected chi connectivity index (χ2v) is 10.8. The lowest BCUT2D eigenvalue weighted by Crippen LogP contribution is -2.31. The van der Waals surface area contributed by atoms with Gasteiger partial charge in [0.2, 0.25) is 11.1 Å². The van der Waals surface area contributed by atoms with Crippen molar-refractivity contribution in [3.63, 3.8) is 0 Å². The van der Waals surface area contributed by atoms with Gasteiger partial charge in [-0.1, -0.05) is 81.8 Å². The van der Waals surface area contributed by atoms with Gasteiger partial charge in [-0.15, -0.1) is 5.10 Å². The Kier molecular flexibility index (Phi) is 8.06. The molecule has 7 nitrogen and oxygen atoms in total. The Labute approximate surface area is 238 Å². The number of para-hydroxylation sites is 2. The quantitative estimate of drug-likeness (QED) is 0.204. The lowest BCUT2D eigenvalue weighted by Gasteiger charge is -2.29. The van der Waals surface area contributed by atoms with Crippen LogP contribution in [-0.4, -0.2) is 27.3 Å². The minimum absolute atomic E-state index is 0.249. The number of carbonyl (C=O) groups is 1. The van der Waals surface area contributed by atoms with E-state index in [-0.39, 0.29) is 5.91 Å². The zero-order valence-corrected chi connectivity index (χ0v) is 23.9. The van der Waals surface area contributed by atoms with Crippen LogP contribution in [0.5, 0.6) is 5.75 Å². The first kappa shape index (κ1) is 26.3. The van der Waals surface area contributed by atoms with Gasteiger partial charge in [-0.05, 0) is 55.3 Å². The molecular weight excluding hydrogens is 586 g/mol. The average Bonchev–Trinajstić information content (AvgIpc) is 3.31. The van der Waals surface area contributed by atoms with Crippen LogP contribution >= 0.6 is 39.3 Å². The number of nitrogens with one attached hydrogen (secondary N) is 2. The number of aromatic nitrogens is 3. The number of halogens is 2. The van der Waals surface area contributed by atoms with Gasteiger partial charge >= 0.3 is 0 Å². The second-order valence-electron chi connectivity index (χ2n) is 8.54. The van der Waals surface area contributed by atoms with E-state index in [9.17, 15) is 4.79 Å². The maximum absolute atomic E-state index is 13.8. The molecule has 0 bridgehead atoms. The lowest BCUT2D eigenvalue weighted by atomic mass is 9.95. The van der Waals surface area contributed by atoms with Crippen LogP contribution in [0.2, 0.25) is 5.02 Å². The molecule has 0 aliphatic carbocycles. The highest BCUT2D eigenvalue weighted by atomic mass is 79.9. The third-order valence-corrected chi connectivity index (χ3v) is 7.80. The molecule has 0 saturated carbocycles. The molecular formula is C28H25BrClN5O2S. The largest absolute Gasteiger partial charge is 0.492 e. The zero-order chi connectivity index (χ0) is 26.6. The molecule has 38 heavy (non-hydrogen) atoms. The molecule has 0 fully saturated rings. The van der Waals surface area contributed by atoms with Crippen molar-refractivity contribution in [2.75, 3.05) is 17.2 Å². The molecule has 1 amide bonds. The van der Waals surface area contributed by atoms with Crippen LogP contribution in [0, 0.1) is 0 Å². The van der Waals surface area contributed by atoms with Crippen LogP contribution in [0.15, 0.2) is 93.7 Å². The van der Waals surface area contributed by atoms with E-state index in [0.717, 1.165) is 15.6 Å². The van der Waals surface area contributed by atoms with Crippen molar-refractivity contribution in [1.82, 2.24) is 14.8 Å². The number of hydrogen-bond donors (Lipinski definition) is 2. The standard InChI is InChI=1S/C28H25BrClN5O2S/c1-3-37-23-11-7-6-10-22(23)32-26(36)24-17(2)31-27-33-28(38-16-19-8-4-5-9-21(19)30)34-35(27)25(24)18-12-14-20(29)15-13-18/h4-15,25H,3,16H2,1-2H3,(H,32,36)(H,31,33,34). The zero-order valence-electron chi connectivity index (χ0n) is 20.7. The fourth-order valence-electron chi connectivity index (χ4n) is 4.24. The number of ether oxygens (including phenoxy) is 1. The Hall–Kier alpha value is -3.27. The normalized spacial score (nSPS) is 14.6. The SMILES string of the molecule is CCOc1ccccc1NC(=O)C1=C(C)Nc2nc(SCc3ccccc3Cl)nn2C1c1ccc(Br)cc1. The number of fused-ring (bicyclic) bond motifs is 1. The topological polar surface area (TPSA) is 81.1 Å². The number of rotatable bonds is 8. The molecule has 1 atom stereocenters. The number of thioether (sulfide) groups is 1. The Morgan fingerprint density at radius 1 is 1.13 bits per heavy atom. The van der Waals surface area contributed by atoms with Crippen molar-refractivity contribution in [3.05, 3.63) is 105 Å². The highest BCUT2D eigenvalue weighted by Crippen LogP contribution is 2.38. The van der Waals surface area contributed by atoms with Gasteiger partial charge in [0, 0.05) is 20.9 Å². The number of amides is 1. The first-order valence-electron chi connectivity index (χ1n) is 12.0. The van der Waals surface area contributed by atoms with Gasteiger partial charge in [-0.3, -0.25) is 4.79 Å². The van der Waals surface area contributed by atoms with E-state index in [0.29, 0.717) is 51.2 Å². The number of benzene rings is 3. The summed E-state index contributed by atoms with van der Waals surface area (Å²) < 4.78 is 8.44. The predicted octanol–water partition coefficient (Wildman–Crippen LogP) is 7.31. The van der Waals surface area contributed by atoms with Gasteiger partial charge in [0.1, 0.15) is 11.8 Å². The number of anilines is 2. The van der Waals surface area contributed by atoms with Crippen molar-refractivity contribution in [2.45, 2.75) is 30.8 Å². The van der Waals surface area contributed by atoms with E-state index in [1.165, 1.54) is 11.8 Å². The lowest BCUT2D eigenvalue weighted by molar-refractivity contribution is -0.113. The number of carbonyl (C=O) groups excluding carboxylic acids is 1. The summed E-state index contributed by atoms with van der Waals surface area (Å²) in [5.41, 5.74) is 3.76. The summed E-state index contributed by atoms with van der Waals surface area (Å²) in [7, 11) is 0. The summed E-state index contributed by atoms with van der Waals surface area (Å²) >= 11 is 11.3. The maximum Gasteiger partial charge on any atom is 0.255 e. The first-order chi connectivity index (χ1) is 18.4. The van der Waals surface area contributed by atoms with Gasteiger partial charge < -0.3 is 15.4 Å². The molecule has 1 aromatic heterocycles. The molecule has 0 saturated heterocycles. The molecule has 1 aliphatic heterocycles. The molecule has 3 aromatic carbocycles. The van der Waals surface area contributed by atoms with Crippen molar-refractivity contribution in [3.8, 4) is 5.75 Å². The van der Waals surface area contributed by atoms with E-state index in [1.807, 2.05) is 86.6 Å². The Bertz CT molecular complexity index is 1510. The van der Waals surface area contributed by atoms with E-state index in [1.54, 1.807) is 4.68 Å². The van der Waals surface area contributed by atoms with Crippen molar-refractivity contribution in [1.29, 1.82) is 0 Å². The first-order valence-corrected chi connectivity index (χ1v) is 14.2. The van der Waals surface area contributed by atoms with Crippen molar-refractivity contribution < 1.29 is 9.53 Å². The van der Waals surface area contributed by atoms with Crippen LogP contribution in [-0.2, 0) is 10.5 Å².